The van der Waals surface area contributed by atoms with Crippen molar-refractivity contribution in [3.05, 3.63) is 59.7 Å². The molecule has 0 radical (unpaired) electrons. The van der Waals surface area contributed by atoms with Gasteiger partial charge in [-0.1, -0.05) is 24.3 Å². The Bertz CT molecular complexity index is 483. The first-order valence-electron chi connectivity index (χ1n) is 6.49. The Morgan fingerprint density at radius 2 is 1.05 bits per heavy atom. The van der Waals surface area contributed by atoms with E-state index in [0.717, 1.165) is 23.0 Å². The van der Waals surface area contributed by atoms with Crippen molar-refractivity contribution in [3.63, 3.8) is 0 Å². The number of hydrogen-bond acceptors (Lipinski definition) is 5. The standard InChI is InChI=1S/C16H18O3S2.ClH/c1-17-15-7-3-13(4-8-15)11-20-19-21-12-14-5-9-16(18-2)10-6-14;/h3-10H,11-12H2,1-2H3;1H. The van der Waals surface area contributed by atoms with Gasteiger partial charge in [-0.15, -0.1) is 12.4 Å². The highest BCUT2D eigenvalue weighted by atomic mass is 35.5. The van der Waals surface area contributed by atoms with Crippen LogP contribution in [0, 0.1) is 0 Å². The lowest BCUT2D eigenvalue weighted by Gasteiger charge is -2.04. The molecule has 0 aliphatic carbocycles. The molecule has 3 nitrogen and oxygen atoms in total. The molecule has 0 saturated carbocycles. The number of ether oxygens (including phenoxy) is 2. The summed E-state index contributed by atoms with van der Waals surface area (Å²) in [5.41, 5.74) is 2.43. The minimum Gasteiger partial charge on any atom is -0.497 e. The molecule has 120 valence electrons. The summed E-state index contributed by atoms with van der Waals surface area (Å²) in [6.07, 6.45) is 0. The second-order valence-electron chi connectivity index (χ2n) is 4.29. The second-order valence-corrected chi connectivity index (χ2v) is 5.88. The molecule has 2 aromatic rings. The largest absolute Gasteiger partial charge is 0.497 e. The first-order valence-corrected chi connectivity index (χ1v) is 8.31. The molecular formula is C16H19ClO3S2. The molecule has 0 amide bonds. The van der Waals surface area contributed by atoms with Crippen LogP contribution in [0.2, 0.25) is 0 Å². The van der Waals surface area contributed by atoms with Gasteiger partial charge in [-0.05, 0) is 35.4 Å². The van der Waals surface area contributed by atoms with E-state index in [2.05, 4.69) is 0 Å². The van der Waals surface area contributed by atoms with Crippen LogP contribution in [-0.2, 0) is 15.1 Å². The zero-order valence-electron chi connectivity index (χ0n) is 12.5. The van der Waals surface area contributed by atoms with E-state index in [1.807, 2.05) is 48.5 Å². The lowest BCUT2D eigenvalue weighted by Crippen LogP contribution is -1.85. The van der Waals surface area contributed by atoms with Gasteiger partial charge in [-0.25, -0.2) is 3.63 Å². The number of halogens is 1. The third kappa shape index (κ3) is 6.40. The number of benzene rings is 2. The predicted molar refractivity (Wildman–Crippen MR) is 96.9 cm³/mol. The number of rotatable bonds is 8. The Morgan fingerprint density at radius 1 is 0.682 bits per heavy atom. The van der Waals surface area contributed by atoms with Gasteiger partial charge in [0.15, 0.2) is 0 Å². The van der Waals surface area contributed by atoms with Crippen LogP contribution in [0.25, 0.3) is 0 Å². The summed E-state index contributed by atoms with van der Waals surface area (Å²) in [4.78, 5) is 0. The van der Waals surface area contributed by atoms with Crippen LogP contribution in [0.3, 0.4) is 0 Å². The molecule has 22 heavy (non-hydrogen) atoms. The van der Waals surface area contributed by atoms with Gasteiger partial charge in [0.2, 0.25) is 0 Å². The summed E-state index contributed by atoms with van der Waals surface area (Å²) in [5.74, 6) is 3.39. The number of methoxy groups -OCH3 is 2. The van der Waals surface area contributed by atoms with E-state index >= 15 is 0 Å². The van der Waals surface area contributed by atoms with E-state index in [-0.39, 0.29) is 12.4 Å². The molecule has 0 aromatic heterocycles. The van der Waals surface area contributed by atoms with Gasteiger partial charge >= 0.3 is 0 Å². The molecule has 6 heteroatoms. The maximum Gasteiger partial charge on any atom is 0.118 e. The molecule has 2 rings (SSSR count). The van der Waals surface area contributed by atoms with Gasteiger partial charge in [0.1, 0.15) is 11.5 Å². The van der Waals surface area contributed by atoms with Crippen LogP contribution >= 0.6 is 36.5 Å². The van der Waals surface area contributed by atoms with Crippen molar-refractivity contribution < 1.29 is 13.1 Å². The Balaban J connectivity index is 0.00000242. The van der Waals surface area contributed by atoms with Crippen molar-refractivity contribution in [3.8, 4) is 11.5 Å². The molecule has 2 aromatic carbocycles. The van der Waals surface area contributed by atoms with Crippen LogP contribution in [-0.4, -0.2) is 14.2 Å². The minimum absolute atomic E-state index is 0. The summed E-state index contributed by atoms with van der Waals surface area (Å²) >= 11 is 2.89. The molecule has 0 aliphatic heterocycles. The Hall–Kier alpha value is -1.01. The Morgan fingerprint density at radius 3 is 1.36 bits per heavy atom. The summed E-state index contributed by atoms with van der Waals surface area (Å²) in [5, 5.41) is 0. The van der Waals surface area contributed by atoms with Crippen LogP contribution in [0.5, 0.6) is 11.5 Å². The fourth-order valence-electron chi connectivity index (χ4n) is 1.66. The summed E-state index contributed by atoms with van der Waals surface area (Å²) in [7, 11) is 3.34. The Kier molecular flexibility index (Phi) is 9.24. The van der Waals surface area contributed by atoms with E-state index in [1.165, 1.54) is 35.2 Å². The monoisotopic (exact) mass is 358 g/mol. The molecule has 0 bridgehead atoms. The maximum absolute atomic E-state index is 5.53. The minimum atomic E-state index is 0. The maximum atomic E-state index is 5.53. The van der Waals surface area contributed by atoms with E-state index in [4.69, 9.17) is 13.1 Å². The third-order valence-corrected chi connectivity index (χ3v) is 4.54. The average Bonchev–Trinajstić information content (AvgIpc) is 2.55. The van der Waals surface area contributed by atoms with Crippen molar-refractivity contribution in [2.45, 2.75) is 11.5 Å². The summed E-state index contributed by atoms with van der Waals surface area (Å²) in [6, 6.07) is 16.0. The zero-order chi connectivity index (χ0) is 14.9. The highest BCUT2D eigenvalue weighted by Gasteiger charge is 1.99. The molecule has 0 fully saturated rings. The molecule has 0 spiro atoms. The van der Waals surface area contributed by atoms with Gasteiger partial charge in [0.25, 0.3) is 0 Å². The van der Waals surface area contributed by atoms with Gasteiger partial charge in [0.05, 0.1) is 14.2 Å². The van der Waals surface area contributed by atoms with E-state index in [1.54, 1.807) is 14.2 Å². The van der Waals surface area contributed by atoms with E-state index < -0.39 is 0 Å². The molecular weight excluding hydrogens is 340 g/mol. The Labute approximate surface area is 146 Å². The first-order chi connectivity index (χ1) is 10.3. The van der Waals surface area contributed by atoms with Crippen molar-refractivity contribution >= 4 is 36.5 Å². The second kappa shape index (κ2) is 10.7. The molecule has 0 atom stereocenters. The normalized spacial score (nSPS) is 9.91. The zero-order valence-corrected chi connectivity index (χ0v) is 14.9. The average molecular weight is 359 g/mol. The van der Waals surface area contributed by atoms with Crippen molar-refractivity contribution in [2.24, 2.45) is 0 Å². The first kappa shape index (κ1) is 19.0. The van der Waals surface area contributed by atoms with Crippen LogP contribution in [0.1, 0.15) is 11.1 Å². The molecule has 0 unspecified atom stereocenters. The predicted octanol–water partition coefficient (Wildman–Crippen LogP) is 5.14. The highest BCUT2D eigenvalue weighted by molar-refractivity contribution is 8.07. The van der Waals surface area contributed by atoms with E-state index in [9.17, 15) is 0 Å². The van der Waals surface area contributed by atoms with Crippen LogP contribution in [0.4, 0.5) is 0 Å². The van der Waals surface area contributed by atoms with Gasteiger partial charge in [-0.3, -0.25) is 0 Å². The quantitative estimate of drug-likeness (QED) is 0.481. The van der Waals surface area contributed by atoms with Gasteiger partial charge < -0.3 is 9.47 Å². The smallest absolute Gasteiger partial charge is 0.118 e. The highest BCUT2D eigenvalue weighted by Crippen LogP contribution is 2.24. The fourth-order valence-corrected chi connectivity index (χ4v) is 2.98. The van der Waals surface area contributed by atoms with Crippen molar-refractivity contribution in [1.82, 2.24) is 0 Å². The molecule has 0 heterocycles. The summed E-state index contributed by atoms with van der Waals surface area (Å²) in [6.45, 7) is 0. The third-order valence-electron chi connectivity index (χ3n) is 2.87. The van der Waals surface area contributed by atoms with E-state index in [0.29, 0.717) is 0 Å². The molecule has 0 N–H and O–H groups in total. The van der Waals surface area contributed by atoms with Gasteiger partial charge in [-0.2, -0.15) is 0 Å². The lowest BCUT2D eigenvalue weighted by atomic mass is 10.2. The van der Waals surface area contributed by atoms with Crippen LogP contribution in [0.15, 0.2) is 48.5 Å². The number of hydrogen-bond donors (Lipinski definition) is 0. The summed E-state index contributed by atoms with van der Waals surface area (Å²) < 4.78 is 15.8. The lowest BCUT2D eigenvalue weighted by molar-refractivity contribution is 0.414. The fraction of sp³-hybridized carbons (Fsp3) is 0.250. The molecule has 0 aliphatic rings. The van der Waals surface area contributed by atoms with Crippen molar-refractivity contribution in [1.29, 1.82) is 0 Å². The van der Waals surface area contributed by atoms with Crippen LogP contribution < -0.4 is 9.47 Å². The van der Waals surface area contributed by atoms with Gasteiger partial charge in [0, 0.05) is 35.6 Å². The van der Waals surface area contributed by atoms with Crippen molar-refractivity contribution in [2.75, 3.05) is 14.2 Å². The SMILES string of the molecule is COc1ccc(CSOSCc2ccc(OC)cc2)cc1.Cl. The molecule has 0 saturated heterocycles. The topological polar surface area (TPSA) is 27.7 Å².